The molecular formula is C34H58O3SSi. The lowest BCUT2D eigenvalue weighted by atomic mass is 9.61. The molecule has 0 unspecified atom stereocenters. The fourth-order valence-electron chi connectivity index (χ4n) is 7.96. The maximum Gasteiger partial charge on any atom is 0.192 e. The monoisotopic (exact) mass is 574 g/mol. The van der Waals surface area contributed by atoms with Crippen molar-refractivity contribution in [1.82, 2.24) is 0 Å². The molecule has 4 aliphatic rings. The van der Waals surface area contributed by atoms with E-state index in [1.165, 1.54) is 42.4 Å². The summed E-state index contributed by atoms with van der Waals surface area (Å²) in [6, 6.07) is 0. The number of hydrogen-bond donors (Lipinski definition) is 0. The Morgan fingerprint density at radius 1 is 1.03 bits per heavy atom. The van der Waals surface area contributed by atoms with Crippen molar-refractivity contribution in [2.24, 2.45) is 35.0 Å². The van der Waals surface area contributed by atoms with Gasteiger partial charge in [-0.3, -0.25) is 0 Å². The number of allylic oxidation sites excluding steroid dienone is 3. The van der Waals surface area contributed by atoms with Gasteiger partial charge in [0.15, 0.2) is 18.2 Å². The summed E-state index contributed by atoms with van der Waals surface area (Å²) in [6.45, 7) is 23.4. The Labute approximate surface area is 242 Å². The summed E-state index contributed by atoms with van der Waals surface area (Å²) in [5.74, 6) is 3.31. The zero-order chi connectivity index (χ0) is 29.0. The Kier molecular flexibility index (Phi) is 8.99. The molecule has 2 saturated carbocycles. The molecule has 0 N–H and O–H groups in total. The fourth-order valence-corrected chi connectivity index (χ4v) is 11.4. The first kappa shape index (κ1) is 31.3. The smallest absolute Gasteiger partial charge is 0.192 e. The Hall–Kier alpha value is -0.653. The molecule has 0 amide bonds. The lowest BCUT2D eigenvalue weighted by Gasteiger charge is -2.44. The number of sulfone groups is 1. The third-order valence-electron chi connectivity index (χ3n) is 11.9. The normalized spacial score (nSPS) is 36.0. The van der Waals surface area contributed by atoms with Gasteiger partial charge in [-0.05, 0) is 110 Å². The van der Waals surface area contributed by atoms with E-state index in [1.54, 1.807) is 0 Å². The lowest BCUT2D eigenvalue weighted by Crippen LogP contribution is -2.44. The third kappa shape index (κ3) is 6.26. The van der Waals surface area contributed by atoms with Gasteiger partial charge < -0.3 is 4.43 Å². The summed E-state index contributed by atoms with van der Waals surface area (Å²) < 4.78 is 34.0. The van der Waals surface area contributed by atoms with Crippen LogP contribution in [0.1, 0.15) is 107 Å². The van der Waals surface area contributed by atoms with E-state index in [0.717, 1.165) is 25.7 Å². The van der Waals surface area contributed by atoms with Crippen LogP contribution in [-0.4, -0.2) is 33.8 Å². The van der Waals surface area contributed by atoms with Crippen molar-refractivity contribution < 1.29 is 12.8 Å². The number of fused-ring (bicyclic) bond motifs is 1. The predicted molar refractivity (Wildman–Crippen MR) is 169 cm³/mol. The topological polar surface area (TPSA) is 43.4 Å². The van der Waals surface area contributed by atoms with Crippen molar-refractivity contribution in [2.75, 3.05) is 5.75 Å². The van der Waals surface area contributed by atoms with Gasteiger partial charge in [-0.15, -0.1) is 0 Å². The van der Waals surface area contributed by atoms with Gasteiger partial charge in [-0.1, -0.05) is 84.8 Å². The summed E-state index contributed by atoms with van der Waals surface area (Å²) in [5.41, 5.74) is 4.12. The largest absolute Gasteiger partial charge is 0.414 e. The molecule has 0 aromatic rings. The molecule has 0 saturated heterocycles. The van der Waals surface area contributed by atoms with Gasteiger partial charge in [0.25, 0.3) is 0 Å². The minimum atomic E-state index is -3.18. The first-order valence-electron chi connectivity index (χ1n) is 16.0. The highest BCUT2D eigenvalue weighted by Gasteiger charge is 2.51. The van der Waals surface area contributed by atoms with Crippen LogP contribution < -0.4 is 0 Å². The van der Waals surface area contributed by atoms with Crippen molar-refractivity contribution in [1.29, 1.82) is 0 Å². The molecule has 39 heavy (non-hydrogen) atoms. The Morgan fingerprint density at radius 2 is 1.72 bits per heavy atom. The first-order chi connectivity index (χ1) is 18.0. The second kappa shape index (κ2) is 11.2. The number of rotatable bonds is 7. The molecule has 0 aromatic carbocycles. The van der Waals surface area contributed by atoms with Crippen LogP contribution in [0.15, 0.2) is 34.9 Å². The van der Waals surface area contributed by atoms with Gasteiger partial charge in [0.05, 0.1) is 5.75 Å². The zero-order valence-electron chi connectivity index (χ0n) is 26.8. The third-order valence-corrected chi connectivity index (χ3v) is 18.3. The highest BCUT2D eigenvalue weighted by atomic mass is 32.2. The van der Waals surface area contributed by atoms with E-state index in [2.05, 4.69) is 86.7 Å². The maximum absolute atomic E-state index is 13.6. The van der Waals surface area contributed by atoms with Gasteiger partial charge in [0.2, 0.25) is 0 Å². The van der Waals surface area contributed by atoms with Crippen LogP contribution in [0.2, 0.25) is 18.1 Å². The molecule has 0 spiro atoms. The minimum Gasteiger partial charge on any atom is -0.414 e. The molecule has 1 aliphatic heterocycles. The summed E-state index contributed by atoms with van der Waals surface area (Å²) in [5, 5.41) is -0.255. The van der Waals surface area contributed by atoms with Crippen LogP contribution in [-0.2, 0) is 14.3 Å². The number of hydrogen-bond acceptors (Lipinski definition) is 3. The van der Waals surface area contributed by atoms with Gasteiger partial charge >= 0.3 is 0 Å². The molecule has 1 heterocycles. The molecule has 222 valence electrons. The Morgan fingerprint density at radius 3 is 2.36 bits per heavy atom. The van der Waals surface area contributed by atoms with Crippen LogP contribution in [0.3, 0.4) is 0 Å². The molecule has 0 aromatic heterocycles. The van der Waals surface area contributed by atoms with Crippen molar-refractivity contribution in [3.05, 3.63) is 34.9 Å². The minimum absolute atomic E-state index is 0.159. The Bertz CT molecular complexity index is 1110. The van der Waals surface area contributed by atoms with E-state index in [-0.39, 0.29) is 22.3 Å². The molecule has 4 rings (SSSR count). The van der Waals surface area contributed by atoms with Crippen molar-refractivity contribution >= 4 is 18.2 Å². The van der Waals surface area contributed by atoms with E-state index < -0.39 is 23.4 Å². The zero-order valence-corrected chi connectivity index (χ0v) is 28.6. The van der Waals surface area contributed by atoms with Gasteiger partial charge in [0, 0.05) is 6.10 Å². The second-order valence-corrected chi connectivity index (χ2v) is 22.7. The molecular weight excluding hydrogens is 517 g/mol. The quantitative estimate of drug-likeness (QED) is 0.225. The molecule has 5 heteroatoms. The standard InChI is InChI=1S/C34H58O3SSi/c1-23(2)24(3)13-14-25(4)30-17-18-31-26(12-11-19-34(30,31)8)20-32-29-21-28(37-39(9,10)33(5,6)7)16-15-27(29)22-38(32,35)36/h13-14,20,23-25,28,30-32H,11-12,15-19,21-22H2,1-10H3/b14-13+,26-20-/t24-,25+,28-,30+,31-,32+,34+/m0/s1. The molecule has 0 bridgehead atoms. The van der Waals surface area contributed by atoms with Crippen LogP contribution in [0.25, 0.3) is 0 Å². The summed E-state index contributed by atoms with van der Waals surface area (Å²) in [6.07, 6.45) is 16.0. The fraction of sp³-hybridized carbons (Fsp3) is 0.824. The van der Waals surface area contributed by atoms with E-state index in [4.69, 9.17) is 4.43 Å². The maximum atomic E-state index is 13.6. The summed E-state index contributed by atoms with van der Waals surface area (Å²) >= 11 is 0. The average molecular weight is 575 g/mol. The Balaban J connectivity index is 1.56. The lowest BCUT2D eigenvalue weighted by molar-refractivity contribution is 0.111. The second-order valence-electron chi connectivity index (χ2n) is 15.8. The highest BCUT2D eigenvalue weighted by Crippen LogP contribution is 2.60. The van der Waals surface area contributed by atoms with E-state index >= 15 is 0 Å². The van der Waals surface area contributed by atoms with Crippen LogP contribution in [0, 0.1) is 35.0 Å². The van der Waals surface area contributed by atoms with Crippen molar-refractivity contribution in [3.8, 4) is 0 Å². The summed E-state index contributed by atoms with van der Waals surface area (Å²) in [7, 11) is -5.07. The molecule has 3 nitrogen and oxygen atoms in total. The van der Waals surface area contributed by atoms with Gasteiger partial charge in [-0.25, -0.2) is 8.42 Å². The highest BCUT2D eigenvalue weighted by molar-refractivity contribution is 7.92. The molecule has 0 radical (unpaired) electrons. The van der Waals surface area contributed by atoms with Crippen LogP contribution in [0.4, 0.5) is 0 Å². The predicted octanol–water partition coefficient (Wildman–Crippen LogP) is 9.28. The molecule has 3 aliphatic carbocycles. The van der Waals surface area contributed by atoms with E-state index in [1.807, 2.05) is 0 Å². The molecule has 7 atom stereocenters. The van der Waals surface area contributed by atoms with E-state index in [0.29, 0.717) is 29.6 Å². The first-order valence-corrected chi connectivity index (χ1v) is 20.6. The van der Waals surface area contributed by atoms with Crippen molar-refractivity contribution in [2.45, 2.75) is 136 Å². The SMILES string of the molecule is CC(C)[C@@H](C)/C=C/[C@@H](C)[C@H]1CC[C@H]2/C(=C\[C@@H]3C4=C(CC[C@H](O[Si](C)(C)C(C)(C)C)C4)CS3(=O)=O)CCC[C@]12C. The summed E-state index contributed by atoms with van der Waals surface area (Å²) in [4.78, 5) is 0. The van der Waals surface area contributed by atoms with Gasteiger partial charge in [0.1, 0.15) is 5.25 Å². The molecule has 2 fully saturated rings. The average Bonchev–Trinajstić information content (AvgIpc) is 3.29. The van der Waals surface area contributed by atoms with Crippen LogP contribution in [0.5, 0.6) is 0 Å². The van der Waals surface area contributed by atoms with E-state index in [9.17, 15) is 8.42 Å². The van der Waals surface area contributed by atoms with Crippen LogP contribution >= 0.6 is 0 Å². The van der Waals surface area contributed by atoms with Crippen molar-refractivity contribution in [3.63, 3.8) is 0 Å². The van der Waals surface area contributed by atoms with Gasteiger partial charge in [-0.2, -0.15) is 0 Å².